The Morgan fingerprint density at radius 2 is 1.89 bits per heavy atom. The number of aryl methyl sites for hydroxylation is 3. The average molecular weight is 690 g/mol. The summed E-state index contributed by atoms with van der Waals surface area (Å²) in [5.74, 6) is 1.63. The van der Waals surface area contributed by atoms with Gasteiger partial charge in [-0.2, -0.15) is 0 Å². The zero-order valence-electron chi connectivity index (χ0n) is 28.4. The van der Waals surface area contributed by atoms with E-state index in [9.17, 15) is 4.79 Å². The van der Waals surface area contributed by atoms with E-state index in [1.165, 1.54) is 11.3 Å². The summed E-state index contributed by atoms with van der Waals surface area (Å²) >= 11 is 3.84. The molecule has 1 N–H and O–H groups in total. The molecule has 46 heavy (non-hydrogen) atoms. The number of nitrogens with one attached hydrogen (secondary N) is 1. The molecule has 0 bridgehead atoms. The van der Waals surface area contributed by atoms with Crippen LogP contribution in [0.2, 0.25) is 0 Å². The van der Waals surface area contributed by atoms with Gasteiger partial charge in [0.15, 0.2) is 0 Å². The van der Waals surface area contributed by atoms with Gasteiger partial charge in [0.25, 0.3) is 0 Å². The lowest BCUT2D eigenvalue weighted by atomic mass is 9.88. The third kappa shape index (κ3) is 8.10. The molecule has 8 nitrogen and oxygen atoms in total. The van der Waals surface area contributed by atoms with Gasteiger partial charge in [-0.1, -0.05) is 38.1 Å². The number of piperidine rings is 1. The van der Waals surface area contributed by atoms with Gasteiger partial charge < -0.3 is 19.3 Å². The van der Waals surface area contributed by atoms with Gasteiger partial charge in [0, 0.05) is 46.4 Å². The van der Waals surface area contributed by atoms with E-state index >= 15 is 0 Å². The first kappa shape index (κ1) is 33.9. The van der Waals surface area contributed by atoms with Crippen molar-refractivity contribution in [1.29, 1.82) is 0 Å². The van der Waals surface area contributed by atoms with E-state index in [0.717, 1.165) is 83.7 Å². The molecule has 4 aromatic rings. The lowest BCUT2D eigenvalue weighted by Gasteiger charge is -2.34. The van der Waals surface area contributed by atoms with Gasteiger partial charge in [-0.25, -0.2) is 4.98 Å². The van der Waals surface area contributed by atoms with Crippen molar-refractivity contribution in [3.05, 3.63) is 76.6 Å². The molecule has 5 rings (SSSR count). The molecule has 9 heteroatoms. The number of hydrogen-bond acceptors (Lipinski definition) is 6. The van der Waals surface area contributed by atoms with Crippen LogP contribution in [0.15, 0.2) is 64.1 Å². The number of imidazole rings is 1. The molecule has 246 valence electrons. The highest BCUT2D eigenvalue weighted by Crippen LogP contribution is 2.37. The van der Waals surface area contributed by atoms with Gasteiger partial charge >= 0.3 is 0 Å². The minimum absolute atomic E-state index is 0.0584. The summed E-state index contributed by atoms with van der Waals surface area (Å²) in [4.78, 5) is 21.7. The second kappa shape index (κ2) is 14.6. The Balaban J connectivity index is 1.29. The summed E-state index contributed by atoms with van der Waals surface area (Å²) in [6.07, 6.45) is 10.1. The number of carbonyl (C=O) groups is 1. The smallest absolute Gasteiger partial charge is 0.234 e. The Morgan fingerprint density at radius 3 is 2.52 bits per heavy atom. The van der Waals surface area contributed by atoms with E-state index < -0.39 is 0 Å². The Morgan fingerprint density at radius 1 is 1.13 bits per heavy atom. The molecule has 3 heterocycles. The number of benzene rings is 2. The fraction of sp³-hybridized carbons (Fsp3) is 0.486. The van der Waals surface area contributed by atoms with Gasteiger partial charge in [0.05, 0.1) is 24.3 Å². The topological polar surface area (TPSA) is 79.4 Å². The summed E-state index contributed by atoms with van der Waals surface area (Å²) in [5.41, 5.74) is 7.73. The molecule has 1 fully saturated rings. The van der Waals surface area contributed by atoms with Crippen LogP contribution in [0.25, 0.3) is 16.8 Å². The molecule has 1 saturated heterocycles. The summed E-state index contributed by atoms with van der Waals surface area (Å²) in [6, 6.07) is 13.4. The molecule has 1 atom stereocenters. The molecule has 2 aromatic heterocycles. The summed E-state index contributed by atoms with van der Waals surface area (Å²) in [5, 5.41) is 7.40. The van der Waals surface area contributed by atoms with Crippen molar-refractivity contribution in [3.63, 3.8) is 0 Å². The predicted octanol–water partition coefficient (Wildman–Crippen LogP) is 8.40. The molecule has 1 aliphatic heterocycles. The van der Waals surface area contributed by atoms with Crippen molar-refractivity contribution in [2.75, 3.05) is 31.1 Å². The van der Waals surface area contributed by atoms with E-state index in [1.807, 2.05) is 30.9 Å². The maximum absolute atomic E-state index is 12.7. The summed E-state index contributed by atoms with van der Waals surface area (Å²) < 4.78 is 8.55. The van der Waals surface area contributed by atoms with Crippen molar-refractivity contribution in [3.8, 4) is 16.8 Å². The van der Waals surface area contributed by atoms with Crippen LogP contribution in [0.3, 0.4) is 0 Å². The number of hydrogen-bond donors (Lipinski definition) is 1. The molecule has 1 unspecified atom stereocenters. The molecule has 0 saturated carbocycles. The van der Waals surface area contributed by atoms with Crippen LogP contribution in [0, 0.1) is 32.1 Å². The van der Waals surface area contributed by atoms with E-state index in [2.05, 4.69) is 112 Å². The number of rotatable bonds is 11. The van der Waals surface area contributed by atoms with Crippen LogP contribution in [0.4, 0.5) is 11.4 Å². The normalized spacial score (nSPS) is 15.2. The van der Waals surface area contributed by atoms with Crippen molar-refractivity contribution >= 4 is 33.2 Å². The van der Waals surface area contributed by atoms with E-state index in [-0.39, 0.29) is 17.4 Å². The highest BCUT2D eigenvalue weighted by atomic mass is 79.9. The molecule has 1 aliphatic rings. The third-order valence-corrected chi connectivity index (χ3v) is 10.2. The van der Waals surface area contributed by atoms with Crippen molar-refractivity contribution in [1.82, 2.24) is 24.9 Å². The van der Waals surface area contributed by atoms with E-state index in [4.69, 9.17) is 4.52 Å². The zero-order valence-corrected chi connectivity index (χ0v) is 30.0. The van der Waals surface area contributed by atoms with Gasteiger partial charge in [-0.05, 0) is 129 Å². The van der Waals surface area contributed by atoms with Crippen molar-refractivity contribution in [2.24, 2.45) is 11.3 Å². The van der Waals surface area contributed by atoms with Crippen LogP contribution in [0.5, 0.6) is 0 Å². The van der Waals surface area contributed by atoms with Crippen LogP contribution >= 0.6 is 15.9 Å². The number of carbonyl (C=O) groups excluding carboxylic acids is 1. The average Bonchev–Trinajstić information content (AvgIpc) is 3.66. The van der Waals surface area contributed by atoms with Crippen molar-refractivity contribution in [2.45, 2.75) is 80.2 Å². The quantitative estimate of drug-likeness (QED) is 0.171. The monoisotopic (exact) mass is 688 g/mol. The predicted molar refractivity (Wildman–Crippen MR) is 190 cm³/mol. The van der Waals surface area contributed by atoms with Crippen molar-refractivity contribution < 1.29 is 9.32 Å². The van der Waals surface area contributed by atoms with Crippen LogP contribution in [-0.4, -0.2) is 57.7 Å². The van der Waals surface area contributed by atoms with E-state index in [0.29, 0.717) is 12.5 Å². The standard InChI is InChI=1S/C37H49BrN6O2/c1-25-10-11-30(36-26(2)41-46-27(36)3)21-34(25)44(31-12-13-33(32(38)22-31)43-20-16-39-24-43)17-8-9-29-14-18-42(19-15-29)23-35(45)40-28(4)37(5,6)7/h10-13,16,20-22,24,28-29H,8-9,14-15,17-19,23H2,1-7H3,(H,40,45). The summed E-state index contributed by atoms with van der Waals surface area (Å²) in [6.45, 7) is 18.1. The van der Waals surface area contributed by atoms with Gasteiger partial charge in [0.2, 0.25) is 5.91 Å². The minimum Gasteiger partial charge on any atom is -0.361 e. The molecule has 1 amide bonds. The Labute approximate surface area is 282 Å². The number of aromatic nitrogens is 3. The second-order valence-corrected chi connectivity index (χ2v) is 14.8. The largest absolute Gasteiger partial charge is 0.361 e. The number of nitrogens with zero attached hydrogens (tertiary/aromatic N) is 5. The van der Waals surface area contributed by atoms with Gasteiger partial charge in [-0.3, -0.25) is 9.69 Å². The molecular weight excluding hydrogens is 640 g/mol. The molecule has 0 spiro atoms. The zero-order chi connectivity index (χ0) is 33.0. The first-order valence-electron chi connectivity index (χ1n) is 16.5. The first-order chi connectivity index (χ1) is 21.9. The maximum atomic E-state index is 12.7. The number of likely N-dealkylation sites (tertiary alicyclic amines) is 1. The van der Waals surface area contributed by atoms with Crippen LogP contribution in [-0.2, 0) is 4.79 Å². The van der Waals surface area contributed by atoms with Crippen LogP contribution < -0.4 is 10.2 Å². The highest BCUT2D eigenvalue weighted by molar-refractivity contribution is 9.10. The minimum atomic E-state index is 0.0584. The van der Waals surface area contributed by atoms with Crippen LogP contribution in [0.1, 0.15) is 70.4 Å². The van der Waals surface area contributed by atoms with Gasteiger partial charge in [-0.15, -0.1) is 0 Å². The molecule has 0 radical (unpaired) electrons. The lowest BCUT2D eigenvalue weighted by molar-refractivity contribution is -0.123. The Kier molecular flexibility index (Phi) is 10.7. The first-order valence-corrected chi connectivity index (χ1v) is 17.3. The highest BCUT2D eigenvalue weighted by Gasteiger charge is 2.25. The maximum Gasteiger partial charge on any atom is 0.234 e. The fourth-order valence-corrected chi connectivity index (χ4v) is 6.86. The second-order valence-electron chi connectivity index (χ2n) is 14.0. The number of halogens is 1. The SMILES string of the molecule is Cc1ccc(-c2c(C)noc2C)cc1N(CCCC1CCN(CC(=O)NC(C)C(C)(C)C)CC1)c1ccc(-n2ccnc2)c(Br)c1. The van der Waals surface area contributed by atoms with Gasteiger partial charge in [0.1, 0.15) is 5.76 Å². The fourth-order valence-electron chi connectivity index (χ4n) is 6.29. The number of anilines is 2. The molecule has 0 aliphatic carbocycles. The third-order valence-electron chi connectivity index (χ3n) is 9.59. The Hall–Kier alpha value is -3.43. The molecule has 2 aromatic carbocycles. The molecular formula is C37H49BrN6O2. The summed E-state index contributed by atoms with van der Waals surface area (Å²) in [7, 11) is 0. The number of amides is 1. The Bertz CT molecular complexity index is 1600. The lowest BCUT2D eigenvalue weighted by Crippen LogP contribution is -2.47. The van der Waals surface area contributed by atoms with E-state index in [1.54, 1.807) is 6.20 Å².